The Hall–Kier alpha value is -2.52. The Balaban J connectivity index is 1.48. The van der Waals surface area contributed by atoms with E-state index in [-0.39, 0.29) is 43.3 Å². The second kappa shape index (κ2) is 8.31. The van der Waals surface area contributed by atoms with Gasteiger partial charge in [0.15, 0.2) is 11.6 Å². The normalized spacial score (nSPS) is 21.2. The zero-order valence-electron chi connectivity index (χ0n) is 16.4. The van der Waals surface area contributed by atoms with E-state index in [4.69, 9.17) is 9.26 Å². The summed E-state index contributed by atoms with van der Waals surface area (Å²) in [7, 11) is -2.74. The van der Waals surface area contributed by atoms with E-state index in [2.05, 4.69) is 10.3 Å². The maximum atomic E-state index is 14.8. The highest BCUT2D eigenvalue weighted by Gasteiger charge is 2.35. The number of carbonyl (C=O) groups excluding carboxylic acids is 1. The zero-order valence-corrected chi connectivity index (χ0v) is 17.3. The number of anilines is 2. The minimum Gasteiger partial charge on any atom is -0.442 e. The van der Waals surface area contributed by atoms with E-state index in [0.29, 0.717) is 13.2 Å². The first-order chi connectivity index (χ1) is 14.4. The van der Waals surface area contributed by atoms with E-state index in [1.165, 1.54) is 20.7 Å². The highest BCUT2D eigenvalue weighted by molar-refractivity contribution is 7.59. The van der Waals surface area contributed by atoms with Crippen molar-refractivity contribution in [3.63, 3.8) is 0 Å². The van der Waals surface area contributed by atoms with Crippen molar-refractivity contribution in [3.8, 4) is 0 Å². The van der Waals surface area contributed by atoms with Crippen LogP contribution < -0.4 is 9.80 Å². The van der Waals surface area contributed by atoms with Gasteiger partial charge < -0.3 is 14.2 Å². The molecule has 4 rings (SSSR count). The van der Waals surface area contributed by atoms with E-state index in [1.807, 2.05) is 0 Å². The van der Waals surface area contributed by atoms with E-state index in [0.717, 1.165) is 12.1 Å². The molecule has 1 aromatic carbocycles. The van der Waals surface area contributed by atoms with Gasteiger partial charge in [0.1, 0.15) is 11.8 Å². The van der Waals surface area contributed by atoms with Crippen molar-refractivity contribution < 1.29 is 27.4 Å². The summed E-state index contributed by atoms with van der Waals surface area (Å²) < 4.78 is 54.3. The van der Waals surface area contributed by atoms with Gasteiger partial charge in [-0.3, -0.25) is 9.46 Å². The molecular formula is C18H22F2N5O4P. The number of ether oxygens (including phenoxy) is 1. The number of hydrogen-bond acceptors (Lipinski definition) is 7. The molecule has 0 spiro atoms. The Morgan fingerprint density at radius 1 is 1.27 bits per heavy atom. The second-order valence-corrected chi connectivity index (χ2v) is 9.95. The number of aromatic nitrogens is 3. The Bertz CT molecular complexity index is 938. The number of hydrogen-bond donors (Lipinski definition) is 0. The summed E-state index contributed by atoms with van der Waals surface area (Å²) in [5.41, 5.74) is -0.106. The summed E-state index contributed by atoms with van der Waals surface area (Å²) in [4.78, 5) is 14.9. The molecule has 2 aromatic rings. The lowest BCUT2D eigenvalue weighted by Gasteiger charge is -2.33. The van der Waals surface area contributed by atoms with Crippen molar-refractivity contribution in [3.05, 3.63) is 36.2 Å². The lowest BCUT2D eigenvalue weighted by Crippen LogP contribution is -2.36. The van der Waals surface area contributed by atoms with Crippen molar-refractivity contribution in [2.45, 2.75) is 19.6 Å². The molecule has 1 aromatic heterocycles. The molecule has 1 amide bonds. The Morgan fingerprint density at radius 3 is 2.57 bits per heavy atom. The SMILES string of the molecule is CCOP1(=O)CCN(c2c(F)cc(N3CC(Cn4ccnn4)OC3=O)cc2F)CC1. The summed E-state index contributed by atoms with van der Waals surface area (Å²) in [5.74, 6) is -1.57. The summed E-state index contributed by atoms with van der Waals surface area (Å²) in [6.45, 7) is 3.01. The largest absolute Gasteiger partial charge is 0.442 e. The first-order valence-corrected chi connectivity index (χ1v) is 11.7. The maximum Gasteiger partial charge on any atom is 0.414 e. The molecular weight excluding hydrogens is 419 g/mol. The third kappa shape index (κ3) is 4.17. The first kappa shape index (κ1) is 20.7. The number of nitrogens with zero attached hydrogens (tertiary/aromatic N) is 5. The van der Waals surface area contributed by atoms with Gasteiger partial charge in [-0.05, 0) is 6.92 Å². The van der Waals surface area contributed by atoms with Gasteiger partial charge in [0.25, 0.3) is 0 Å². The lowest BCUT2D eigenvalue weighted by molar-refractivity contribution is 0.129. The van der Waals surface area contributed by atoms with Crippen molar-refractivity contribution >= 4 is 24.8 Å². The molecule has 9 nitrogen and oxygen atoms in total. The number of carbonyl (C=O) groups is 1. The predicted octanol–water partition coefficient (Wildman–Crippen LogP) is 2.72. The standard InChI is InChI=1S/C18H22F2N5O4P/c1-2-28-30(27)7-5-23(6-8-30)17-15(19)9-13(10-16(17)20)25-12-14(29-18(25)26)11-24-4-3-21-22-24/h3-4,9-10,14H,2,5-8,11-12H2,1H3. The molecule has 2 aliphatic heterocycles. The van der Waals surface area contributed by atoms with Crippen LogP contribution in [0.2, 0.25) is 0 Å². The molecule has 2 fully saturated rings. The van der Waals surface area contributed by atoms with Gasteiger partial charge >= 0.3 is 6.09 Å². The van der Waals surface area contributed by atoms with Gasteiger partial charge in [0.2, 0.25) is 7.37 Å². The van der Waals surface area contributed by atoms with Crippen molar-refractivity contribution in [1.29, 1.82) is 0 Å². The Kier molecular flexibility index (Phi) is 5.75. The van der Waals surface area contributed by atoms with Crippen molar-refractivity contribution in [2.24, 2.45) is 0 Å². The van der Waals surface area contributed by atoms with E-state index in [1.54, 1.807) is 13.1 Å². The molecule has 0 radical (unpaired) electrons. The summed E-state index contributed by atoms with van der Waals surface area (Å²) in [5, 5.41) is 7.50. The summed E-state index contributed by atoms with van der Waals surface area (Å²) in [6.07, 6.45) is 2.43. The van der Waals surface area contributed by atoms with Crippen LogP contribution in [0.25, 0.3) is 0 Å². The summed E-state index contributed by atoms with van der Waals surface area (Å²) >= 11 is 0. The van der Waals surface area contributed by atoms with Gasteiger partial charge in [-0.15, -0.1) is 5.10 Å². The highest BCUT2D eigenvalue weighted by atomic mass is 31.2. The smallest absolute Gasteiger partial charge is 0.414 e. The number of amides is 1. The predicted molar refractivity (Wildman–Crippen MR) is 105 cm³/mol. The summed E-state index contributed by atoms with van der Waals surface area (Å²) in [6, 6.07) is 2.24. The molecule has 1 atom stereocenters. The Labute approximate surface area is 172 Å². The van der Waals surface area contributed by atoms with Gasteiger partial charge in [0.05, 0.1) is 31.6 Å². The van der Waals surface area contributed by atoms with Gasteiger partial charge in [0, 0.05) is 43.7 Å². The van der Waals surface area contributed by atoms with E-state index >= 15 is 0 Å². The molecule has 0 bridgehead atoms. The fourth-order valence-electron chi connectivity index (χ4n) is 3.73. The quantitative estimate of drug-likeness (QED) is 0.637. The number of benzene rings is 1. The molecule has 3 heterocycles. The van der Waals surface area contributed by atoms with E-state index < -0.39 is 31.2 Å². The fraction of sp³-hybridized carbons (Fsp3) is 0.500. The van der Waals surface area contributed by atoms with Crippen LogP contribution in [-0.4, -0.2) is 65.8 Å². The van der Waals surface area contributed by atoms with E-state index in [9.17, 15) is 18.1 Å². The van der Waals surface area contributed by atoms with Crippen LogP contribution in [0.1, 0.15) is 6.92 Å². The fourth-order valence-corrected chi connectivity index (χ4v) is 5.78. The first-order valence-electron chi connectivity index (χ1n) is 9.67. The number of rotatable bonds is 6. The molecule has 0 N–H and O–H groups in total. The average molecular weight is 441 g/mol. The van der Waals surface area contributed by atoms with Crippen molar-refractivity contribution in [1.82, 2.24) is 15.0 Å². The van der Waals surface area contributed by atoms with Crippen LogP contribution in [0.5, 0.6) is 0 Å². The molecule has 0 saturated carbocycles. The number of cyclic esters (lactones) is 1. The molecule has 162 valence electrons. The molecule has 0 aliphatic carbocycles. The number of halogens is 2. The Morgan fingerprint density at radius 2 is 1.97 bits per heavy atom. The molecule has 12 heteroatoms. The minimum absolute atomic E-state index is 0.0804. The second-order valence-electron chi connectivity index (χ2n) is 7.17. The van der Waals surface area contributed by atoms with Crippen LogP contribution in [0, 0.1) is 11.6 Å². The van der Waals surface area contributed by atoms with Crippen LogP contribution in [-0.2, 0) is 20.4 Å². The molecule has 2 saturated heterocycles. The third-order valence-corrected chi connectivity index (χ3v) is 7.64. The zero-order chi connectivity index (χ0) is 21.3. The monoisotopic (exact) mass is 441 g/mol. The van der Waals surface area contributed by atoms with Crippen LogP contribution in [0.3, 0.4) is 0 Å². The van der Waals surface area contributed by atoms with Gasteiger partial charge in [-0.1, -0.05) is 5.21 Å². The maximum absolute atomic E-state index is 14.8. The topological polar surface area (TPSA) is 89.8 Å². The van der Waals surface area contributed by atoms with Gasteiger partial charge in [-0.25, -0.2) is 18.3 Å². The lowest BCUT2D eigenvalue weighted by atomic mass is 10.2. The molecule has 30 heavy (non-hydrogen) atoms. The minimum atomic E-state index is -2.74. The van der Waals surface area contributed by atoms with Gasteiger partial charge in [-0.2, -0.15) is 0 Å². The van der Waals surface area contributed by atoms with Crippen LogP contribution in [0.4, 0.5) is 25.0 Å². The highest BCUT2D eigenvalue weighted by Crippen LogP contribution is 2.49. The molecule has 2 aliphatic rings. The van der Waals surface area contributed by atoms with Crippen LogP contribution >= 0.6 is 7.37 Å². The molecule has 1 unspecified atom stereocenters. The van der Waals surface area contributed by atoms with Crippen molar-refractivity contribution in [2.75, 3.05) is 48.4 Å². The van der Waals surface area contributed by atoms with Crippen LogP contribution in [0.15, 0.2) is 24.5 Å². The average Bonchev–Trinajstić information content (AvgIpc) is 3.33. The third-order valence-electron chi connectivity index (χ3n) is 5.15.